The van der Waals surface area contributed by atoms with E-state index in [1.165, 1.54) is 16.7 Å². The summed E-state index contributed by atoms with van der Waals surface area (Å²) < 4.78 is 36.7. The van der Waals surface area contributed by atoms with Gasteiger partial charge in [-0.3, -0.25) is 24.1 Å². The molecule has 13 rings (SSSR count). The largest absolute Gasteiger partial charge is 0.478 e. The smallest absolute Gasteiger partial charge is 0.240 e. The van der Waals surface area contributed by atoms with E-state index in [2.05, 4.69) is 197 Å². The lowest BCUT2D eigenvalue weighted by molar-refractivity contribution is 0.260. The molecule has 103 heavy (non-hydrogen) atoms. The summed E-state index contributed by atoms with van der Waals surface area (Å²) in [6.45, 7) is 9.61. The molecule has 20 nitrogen and oxygen atoms in total. The van der Waals surface area contributed by atoms with E-state index in [-0.39, 0.29) is 0 Å². The lowest BCUT2D eigenvalue weighted by Crippen LogP contribution is -2.16. The van der Waals surface area contributed by atoms with Gasteiger partial charge in [0.15, 0.2) is 0 Å². The summed E-state index contributed by atoms with van der Waals surface area (Å²) in [4.78, 5) is 12.6. The van der Waals surface area contributed by atoms with Crippen molar-refractivity contribution in [2.75, 3.05) is 109 Å². The molecule has 7 aromatic carbocycles. The van der Waals surface area contributed by atoms with Crippen molar-refractivity contribution in [2.45, 2.75) is 51.9 Å². The number of aromatic amines is 1. The average molecular weight is 1390 g/mol. The quantitative estimate of drug-likeness (QED) is 0.0407. The maximum absolute atomic E-state index is 6.04. The first kappa shape index (κ1) is 76.3. The minimum atomic E-state index is 0.488. The summed E-state index contributed by atoms with van der Waals surface area (Å²) in [5, 5.41) is 27.5. The van der Waals surface area contributed by atoms with E-state index < -0.39 is 0 Å². The Labute approximate surface area is 607 Å². The van der Waals surface area contributed by atoms with Gasteiger partial charge < -0.3 is 43.3 Å². The number of ether oxygens (including phenoxy) is 5. The van der Waals surface area contributed by atoms with E-state index in [1.54, 1.807) is 12.4 Å². The molecular formula is C83H101N15O5. The molecule has 0 atom stereocenters. The number of aryl methyl sites for hydroxylation is 1. The number of fused-ring (bicyclic) bond motifs is 2. The Kier molecular flexibility index (Phi) is 30.9. The Balaban J connectivity index is 0.000000151. The van der Waals surface area contributed by atoms with Gasteiger partial charge in [-0.1, -0.05) is 176 Å². The molecule has 6 heterocycles. The number of hydrogen-bond donors (Lipinski definition) is 1. The van der Waals surface area contributed by atoms with Crippen LogP contribution in [0, 0.1) is 0 Å². The van der Waals surface area contributed by atoms with Crippen LogP contribution < -0.4 is 23.7 Å². The van der Waals surface area contributed by atoms with Crippen molar-refractivity contribution in [1.82, 2.24) is 73.9 Å². The van der Waals surface area contributed by atoms with Crippen molar-refractivity contribution in [3.63, 3.8) is 0 Å². The van der Waals surface area contributed by atoms with Crippen LogP contribution in [-0.4, -0.2) is 183 Å². The maximum Gasteiger partial charge on any atom is 0.240 e. The highest BCUT2D eigenvalue weighted by Crippen LogP contribution is 2.28. The van der Waals surface area contributed by atoms with Crippen LogP contribution >= 0.6 is 0 Å². The fourth-order valence-electron chi connectivity index (χ4n) is 10.8. The molecule has 0 aliphatic rings. The van der Waals surface area contributed by atoms with Crippen molar-refractivity contribution in [2.24, 2.45) is 7.05 Å². The molecule has 538 valence electrons. The topological polar surface area (TPSA) is 172 Å². The highest BCUT2D eigenvalue weighted by atomic mass is 16.5. The second-order valence-electron chi connectivity index (χ2n) is 25.8. The van der Waals surface area contributed by atoms with Crippen molar-refractivity contribution < 1.29 is 23.7 Å². The summed E-state index contributed by atoms with van der Waals surface area (Å²) in [6, 6.07) is 77.3. The van der Waals surface area contributed by atoms with Gasteiger partial charge in [-0.05, 0) is 146 Å². The molecule has 1 N–H and O–H groups in total. The van der Waals surface area contributed by atoms with E-state index in [0.29, 0.717) is 51.3 Å². The number of H-pyrrole nitrogens is 1. The van der Waals surface area contributed by atoms with Crippen LogP contribution in [0.15, 0.2) is 249 Å². The Hall–Kier alpha value is -10.9. The summed E-state index contributed by atoms with van der Waals surface area (Å²) in [5.74, 6) is 3.59. The molecule has 0 saturated carbocycles. The van der Waals surface area contributed by atoms with Gasteiger partial charge in [0.2, 0.25) is 29.4 Å². The third kappa shape index (κ3) is 26.2. The van der Waals surface area contributed by atoms with Gasteiger partial charge in [-0.25, -0.2) is 4.68 Å². The van der Waals surface area contributed by atoms with E-state index >= 15 is 0 Å². The van der Waals surface area contributed by atoms with Gasteiger partial charge in [0.25, 0.3) is 0 Å². The molecule has 0 unspecified atom stereocenters. The molecule has 0 spiro atoms. The van der Waals surface area contributed by atoms with E-state index in [1.807, 2.05) is 171 Å². The SMILES string of the molecule is CN(C)CCCOc1cc(-c2ccccc2)nn1Cc1ccccc1.CN(C)CCCOc1ccn(Cc2ccccc2)n1.CN(C)CCCOc1nn(C)c2ccccc12.CN(C)CCCOc1nn(Cc2ccccc2)c2ccccc12.c1ccc(-c2cc(OCc3ccncc3)n[nH]2)cc1. The normalized spacial score (nSPS) is 11.0. The highest BCUT2D eigenvalue weighted by Gasteiger charge is 2.15. The summed E-state index contributed by atoms with van der Waals surface area (Å²) >= 11 is 0. The maximum atomic E-state index is 6.04. The predicted molar refractivity (Wildman–Crippen MR) is 414 cm³/mol. The van der Waals surface area contributed by atoms with Crippen molar-refractivity contribution in [3.8, 4) is 51.9 Å². The van der Waals surface area contributed by atoms with Crippen molar-refractivity contribution in [1.29, 1.82) is 0 Å². The Morgan fingerprint density at radius 3 is 1.39 bits per heavy atom. The van der Waals surface area contributed by atoms with Crippen LogP contribution in [-0.2, 0) is 33.3 Å². The van der Waals surface area contributed by atoms with Crippen molar-refractivity contribution in [3.05, 3.63) is 271 Å². The molecule has 0 bridgehead atoms. The minimum Gasteiger partial charge on any atom is -0.478 e. The van der Waals surface area contributed by atoms with E-state index in [9.17, 15) is 0 Å². The fraction of sp³-hybridized carbons (Fsp3) is 0.301. The second-order valence-corrected chi connectivity index (χ2v) is 25.8. The van der Waals surface area contributed by atoms with Gasteiger partial charge in [0, 0.05) is 75.6 Å². The first-order valence-corrected chi connectivity index (χ1v) is 35.2. The van der Waals surface area contributed by atoms with Crippen LogP contribution in [0.4, 0.5) is 0 Å². The molecule has 6 aromatic heterocycles. The van der Waals surface area contributed by atoms with Gasteiger partial charge in [-0.15, -0.1) is 20.4 Å². The van der Waals surface area contributed by atoms with Crippen LogP contribution in [0.5, 0.6) is 29.4 Å². The van der Waals surface area contributed by atoms with Gasteiger partial charge in [0.05, 0.1) is 79.3 Å². The number of nitrogens with zero attached hydrogens (tertiary/aromatic N) is 14. The number of hydrogen-bond acceptors (Lipinski definition) is 15. The summed E-state index contributed by atoms with van der Waals surface area (Å²) in [6.07, 6.45) is 9.46. The zero-order valence-corrected chi connectivity index (χ0v) is 61.3. The molecular weight excluding hydrogens is 1290 g/mol. The molecule has 20 heteroatoms. The standard InChI is InChI=1S/C21H25N3O.C19H23N3O.C15H13N3O.C15H21N3O.C13H19N3O/c1-23(2)14-9-15-25-21-16-20(19-12-7-4-8-13-19)22-24(21)17-18-10-5-3-6-11-18;1-21(2)13-8-14-23-19-17-11-6-7-12-18(17)22(20-19)15-16-9-4-3-5-10-16;1-2-4-13(5-3-1)14-10-15(18-17-14)19-11-12-6-8-16-9-7-12;1-17(2)10-6-12-19-15-9-11-18(16-15)13-14-7-4-3-5-8-14;1-15(2)9-6-10-17-13-11-7-4-5-8-12(11)16(3)14-13/h3-8,10-13,16H,9,14-15,17H2,1-2H3;3-7,9-12H,8,13-15H2,1-2H3;1-10H,11H2,(H,17,18);3-5,7-9,11H,6,10,12-13H2,1-2H3;4-5,7-8H,6,9-10H2,1-3H3. The van der Waals surface area contributed by atoms with Crippen LogP contribution in [0.3, 0.4) is 0 Å². The highest BCUT2D eigenvalue weighted by molar-refractivity contribution is 5.85. The number of rotatable bonds is 31. The number of para-hydroxylation sites is 2. The predicted octanol–water partition coefficient (Wildman–Crippen LogP) is 14.6. The molecule has 0 fully saturated rings. The number of pyridine rings is 1. The minimum absolute atomic E-state index is 0.488. The average Bonchev–Trinajstić information content (AvgIpc) is 1.67. The zero-order valence-electron chi connectivity index (χ0n) is 61.3. The molecule has 0 saturated heterocycles. The molecule has 0 aliphatic carbocycles. The first-order valence-electron chi connectivity index (χ1n) is 35.2. The lowest BCUT2D eigenvalue weighted by Gasteiger charge is -2.11. The van der Waals surface area contributed by atoms with Gasteiger partial charge >= 0.3 is 0 Å². The fourth-order valence-corrected chi connectivity index (χ4v) is 10.8. The Morgan fingerprint density at radius 1 is 0.379 bits per heavy atom. The summed E-state index contributed by atoms with van der Waals surface area (Å²) in [7, 11) is 18.5. The Bertz CT molecular complexity index is 4430. The van der Waals surface area contributed by atoms with Gasteiger partial charge in [-0.2, -0.15) is 5.10 Å². The second kappa shape index (κ2) is 41.7. The molecule has 0 aliphatic heterocycles. The van der Waals surface area contributed by atoms with Gasteiger partial charge in [0.1, 0.15) is 6.61 Å². The molecule has 0 radical (unpaired) electrons. The van der Waals surface area contributed by atoms with Crippen LogP contribution in [0.2, 0.25) is 0 Å². The zero-order chi connectivity index (χ0) is 72.2. The van der Waals surface area contributed by atoms with Crippen LogP contribution in [0.25, 0.3) is 44.3 Å². The molecule has 13 aromatic rings. The number of aromatic nitrogens is 11. The third-order valence-electron chi connectivity index (χ3n) is 16.1. The summed E-state index contributed by atoms with van der Waals surface area (Å²) in [5.41, 5.74) is 11.1. The number of nitrogens with one attached hydrogen (secondary N) is 1. The third-order valence-corrected chi connectivity index (χ3v) is 16.1. The van der Waals surface area contributed by atoms with Crippen molar-refractivity contribution >= 4 is 21.8 Å². The Morgan fingerprint density at radius 2 is 0.835 bits per heavy atom. The van der Waals surface area contributed by atoms with E-state index in [4.69, 9.17) is 28.8 Å². The monoisotopic (exact) mass is 1390 g/mol. The van der Waals surface area contributed by atoms with E-state index in [0.717, 1.165) is 132 Å². The van der Waals surface area contributed by atoms with Crippen LogP contribution in [0.1, 0.15) is 47.9 Å². The number of benzene rings is 7. The first-order chi connectivity index (χ1) is 50.3. The molecule has 0 amide bonds. The lowest BCUT2D eigenvalue weighted by atomic mass is 10.2.